The first kappa shape index (κ1) is 31.4. The summed E-state index contributed by atoms with van der Waals surface area (Å²) < 4.78 is 45.4. The molecule has 2 aromatic rings. The van der Waals surface area contributed by atoms with E-state index in [1.54, 1.807) is 41.3 Å². The van der Waals surface area contributed by atoms with Crippen LogP contribution < -0.4 is 14.4 Å². The summed E-state index contributed by atoms with van der Waals surface area (Å²) >= 11 is 0. The van der Waals surface area contributed by atoms with Gasteiger partial charge in [-0.2, -0.15) is 0 Å². The Bertz CT molecular complexity index is 1200. The zero-order valence-electron chi connectivity index (χ0n) is 23.8. The zero-order chi connectivity index (χ0) is 29.1. The predicted molar refractivity (Wildman–Crippen MR) is 155 cm³/mol. The van der Waals surface area contributed by atoms with E-state index in [9.17, 15) is 22.4 Å². The number of hydrogen-bond acceptors (Lipinski definition) is 5. The van der Waals surface area contributed by atoms with Crippen LogP contribution in [0.25, 0.3) is 0 Å². The second-order valence-corrected chi connectivity index (χ2v) is 12.2. The van der Waals surface area contributed by atoms with Crippen molar-refractivity contribution in [1.82, 2.24) is 10.2 Å². The van der Waals surface area contributed by atoms with E-state index in [0.717, 1.165) is 31.9 Å². The first-order valence-corrected chi connectivity index (χ1v) is 16.0. The van der Waals surface area contributed by atoms with E-state index in [-0.39, 0.29) is 49.6 Å². The van der Waals surface area contributed by atoms with Crippen LogP contribution in [0.15, 0.2) is 48.5 Å². The van der Waals surface area contributed by atoms with Gasteiger partial charge in [-0.1, -0.05) is 38.3 Å². The number of sulfonamides is 1. The van der Waals surface area contributed by atoms with Crippen LogP contribution in [0.4, 0.5) is 10.1 Å². The third-order valence-electron chi connectivity index (χ3n) is 7.19. The molecule has 0 heterocycles. The SMILES string of the molecule is CCOc1ccc(N(CCCC(=O)N(Cc2ccc(F)cc2)[C@@H](CC)C(=O)NC2CCCCC2)S(C)(=O)=O)cc1. The molecular formula is C30H42FN3O5S. The fourth-order valence-electron chi connectivity index (χ4n) is 5.13. The average molecular weight is 576 g/mol. The molecule has 40 heavy (non-hydrogen) atoms. The van der Waals surface area contributed by atoms with Gasteiger partial charge in [0, 0.05) is 25.6 Å². The first-order valence-electron chi connectivity index (χ1n) is 14.2. The number of halogens is 1. The fraction of sp³-hybridized carbons (Fsp3) is 0.533. The Morgan fingerprint density at radius 2 is 1.68 bits per heavy atom. The van der Waals surface area contributed by atoms with Crippen molar-refractivity contribution in [3.8, 4) is 5.75 Å². The van der Waals surface area contributed by atoms with Gasteiger partial charge in [0.15, 0.2) is 0 Å². The molecule has 1 aliphatic rings. The molecule has 0 aromatic heterocycles. The highest BCUT2D eigenvalue weighted by atomic mass is 32.2. The Kier molecular flexibility index (Phi) is 11.8. The van der Waals surface area contributed by atoms with Gasteiger partial charge in [-0.25, -0.2) is 12.8 Å². The zero-order valence-corrected chi connectivity index (χ0v) is 24.6. The number of carbonyl (C=O) groups excluding carboxylic acids is 2. The van der Waals surface area contributed by atoms with E-state index in [0.29, 0.717) is 30.0 Å². The molecule has 1 aliphatic carbocycles. The van der Waals surface area contributed by atoms with Crippen molar-refractivity contribution in [1.29, 1.82) is 0 Å². The Morgan fingerprint density at radius 1 is 1.02 bits per heavy atom. The molecule has 0 saturated heterocycles. The quantitative estimate of drug-likeness (QED) is 0.341. The van der Waals surface area contributed by atoms with Crippen molar-refractivity contribution in [2.75, 3.05) is 23.7 Å². The van der Waals surface area contributed by atoms with E-state index < -0.39 is 16.1 Å². The standard InChI is InChI=1S/C30H42FN3O5S/c1-4-28(30(36)32-25-10-7-6-8-11-25)33(22-23-13-15-24(31)16-14-23)29(35)12-9-21-34(40(3,37)38)26-17-19-27(20-18-26)39-5-2/h13-20,25,28H,4-12,21-22H2,1-3H3,(H,32,36)/t28-/m0/s1. The maximum absolute atomic E-state index is 13.6. The van der Waals surface area contributed by atoms with Crippen molar-refractivity contribution in [3.63, 3.8) is 0 Å². The van der Waals surface area contributed by atoms with Crippen LogP contribution in [0, 0.1) is 5.82 Å². The first-order chi connectivity index (χ1) is 19.1. The largest absolute Gasteiger partial charge is 0.494 e. The number of nitrogens with one attached hydrogen (secondary N) is 1. The maximum Gasteiger partial charge on any atom is 0.243 e. The number of rotatable bonds is 14. The minimum Gasteiger partial charge on any atom is -0.494 e. The molecule has 220 valence electrons. The topological polar surface area (TPSA) is 96.0 Å². The number of nitrogens with zero attached hydrogens (tertiary/aromatic N) is 2. The smallest absolute Gasteiger partial charge is 0.243 e. The molecule has 3 rings (SSSR count). The number of benzene rings is 2. The van der Waals surface area contributed by atoms with Gasteiger partial charge in [0.2, 0.25) is 21.8 Å². The molecule has 0 aliphatic heterocycles. The van der Waals surface area contributed by atoms with Crippen LogP contribution >= 0.6 is 0 Å². The maximum atomic E-state index is 13.6. The summed E-state index contributed by atoms with van der Waals surface area (Å²) in [4.78, 5) is 28.5. The van der Waals surface area contributed by atoms with Crippen molar-refractivity contribution in [3.05, 3.63) is 59.9 Å². The molecule has 10 heteroatoms. The lowest BCUT2D eigenvalue weighted by Gasteiger charge is -2.33. The van der Waals surface area contributed by atoms with Gasteiger partial charge in [0.05, 0.1) is 18.6 Å². The molecule has 0 radical (unpaired) electrons. The van der Waals surface area contributed by atoms with E-state index in [1.165, 1.54) is 22.9 Å². The molecule has 0 spiro atoms. The van der Waals surface area contributed by atoms with Crippen molar-refractivity contribution < 1.29 is 27.1 Å². The van der Waals surface area contributed by atoms with Gasteiger partial charge in [-0.15, -0.1) is 0 Å². The Hall–Kier alpha value is -3.14. The summed E-state index contributed by atoms with van der Waals surface area (Å²) in [7, 11) is -3.60. The van der Waals surface area contributed by atoms with E-state index in [1.807, 2.05) is 13.8 Å². The van der Waals surface area contributed by atoms with Crippen molar-refractivity contribution in [2.24, 2.45) is 0 Å². The van der Waals surface area contributed by atoms with Gasteiger partial charge in [0.1, 0.15) is 17.6 Å². The van der Waals surface area contributed by atoms with E-state index in [4.69, 9.17) is 4.74 Å². The van der Waals surface area contributed by atoms with Crippen LogP contribution in [-0.2, 0) is 26.2 Å². The monoisotopic (exact) mass is 575 g/mol. The van der Waals surface area contributed by atoms with Gasteiger partial charge in [-0.05, 0) is 74.6 Å². The van der Waals surface area contributed by atoms with Crippen molar-refractivity contribution >= 4 is 27.5 Å². The highest BCUT2D eigenvalue weighted by Gasteiger charge is 2.30. The average Bonchev–Trinajstić information content (AvgIpc) is 2.92. The Morgan fingerprint density at radius 3 is 2.25 bits per heavy atom. The third-order valence-corrected chi connectivity index (χ3v) is 8.39. The van der Waals surface area contributed by atoms with Crippen LogP contribution in [0.5, 0.6) is 5.75 Å². The summed E-state index contributed by atoms with van der Waals surface area (Å²) in [5.41, 5.74) is 1.20. The molecule has 1 atom stereocenters. The third kappa shape index (κ3) is 9.21. The van der Waals surface area contributed by atoms with E-state index >= 15 is 0 Å². The molecule has 8 nitrogen and oxygen atoms in total. The lowest BCUT2D eigenvalue weighted by Crippen LogP contribution is -2.51. The Balaban J connectivity index is 1.73. The van der Waals surface area contributed by atoms with Gasteiger partial charge < -0.3 is 15.0 Å². The van der Waals surface area contributed by atoms with Crippen LogP contribution in [-0.4, -0.2) is 56.6 Å². The lowest BCUT2D eigenvalue weighted by atomic mass is 9.95. The molecular weight excluding hydrogens is 533 g/mol. The highest BCUT2D eigenvalue weighted by Crippen LogP contribution is 2.23. The second-order valence-electron chi connectivity index (χ2n) is 10.3. The van der Waals surface area contributed by atoms with Crippen LogP contribution in [0.1, 0.15) is 70.8 Å². The lowest BCUT2D eigenvalue weighted by molar-refractivity contribution is -0.141. The molecule has 0 unspecified atom stereocenters. The van der Waals surface area contributed by atoms with Crippen LogP contribution in [0.2, 0.25) is 0 Å². The molecule has 1 fully saturated rings. The molecule has 0 bridgehead atoms. The molecule has 1 N–H and O–H groups in total. The highest BCUT2D eigenvalue weighted by molar-refractivity contribution is 7.92. The van der Waals surface area contributed by atoms with Gasteiger partial charge in [-0.3, -0.25) is 13.9 Å². The minimum absolute atomic E-state index is 0.0530. The molecule has 2 aromatic carbocycles. The number of carbonyl (C=O) groups is 2. The van der Waals surface area contributed by atoms with Gasteiger partial charge >= 0.3 is 0 Å². The van der Waals surface area contributed by atoms with E-state index in [2.05, 4.69) is 5.32 Å². The summed E-state index contributed by atoms with van der Waals surface area (Å²) in [5, 5.41) is 3.14. The number of hydrogen-bond donors (Lipinski definition) is 1. The minimum atomic E-state index is -3.60. The normalized spacial score (nSPS) is 14.8. The summed E-state index contributed by atoms with van der Waals surface area (Å²) in [5.74, 6) is -0.172. The summed E-state index contributed by atoms with van der Waals surface area (Å²) in [6.45, 7) is 4.50. The van der Waals surface area contributed by atoms with Crippen LogP contribution in [0.3, 0.4) is 0 Å². The Labute approximate surface area is 237 Å². The number of ether oxygens (including phenoxy) is 1. The fourth-order valence-corrected chi connectivity index (χ4v) is 6.09. The molecule has 2 amide bonds. The summed E-state index contributed by atoms with van der Waals surface area (Å²) in [6.07, 6.45) is 7.05. The molecule has 1 saturated carbocycles. The predicted octanol–water partition coefficient (Wildman–Crippen LogP) is 5.03. The number of amides is 2. The second kappa shape index (κ2) is 15.0. The number of anilines is 1. The van der Waals surface area contributed by atoms with Gasteiger partial charge in [0.25, 0.3) is 0 Å². The summed E-state index contributed by atoms with van der Waals surface area (Å²) in [6, 6.07) is 12.1. The van der Waals surface area contributed by atoms with Crippen molar-refractivity contribution in [2.45, 2.75) is 83.8 Å².